The fourth-order valence-corrected chi connectivity index (χ4v) is 9.71. The predicted molar refractivity (Wildman–Crippen MR) is 264 cm³/mol. The van der Waals surface area contributed by atoms with Gasteiger partial charge in [0.05, 0.1) is 29.9 Å². The summed E-state index contributed by atoms with van der Waals surface area (Å²) in [4.78, 5) is 60.3. The molecular weight excluding hydrogens is 878 g/mol. The number of nitrogens with zero attached hydrogens (tertiary/aromatic N) is 4. The van der Waals surface area contributed by atoms with Gasteiger partial charge >= 0.3 is 11.9 Å². The first-order valence-corrected chi connectivity index (χ1v) is 23.9. The van der Waals surface area contributed by atoms with E-state index in [1.54, 1.807) is 0 Å². The van der Waals surface area contributed by atoms with E-state index in [0.29, 0.717) is 84.9 Å². The summed E-state index contributed by atoms with van der Waals surface area (Å²) in [6.45, 7) is 23.0. The van der Waals surface area contributed by atoms with Crippen molar-refractivity contribution < 1.29 is 48.4 Å². The number of rotatable bonds is 20. The van der Waals surface area contributed by atoms with Crippen LogP contribution in [0.1, 0.15) is 195 Å². The van der Waals surface area contributed by atoms with Crippen LogP contribution in [-0.2, 0) is 38.5 Å². The molecule has 3 aromatic rings. The second kappa shape index (κ2) is 22.7. The molecule has 0 aromatic carbocycles. The van der Waals surface area contributed by atoms with Gasteiger partial charge in [0.15, 0.2) is 5.78 Å². The van der Waals surface area contributed by atoms with Gasteiger partial charge in [-0.2, -0.15) is 0 Å². The molecule has 10 nitrogen and oxygen atoms in total. The van der Waals surface area contributed by atoms with Gasteiger partial charge in [-0.15, -0.1) is 22.1 Å². The van der Waals surface area contributed by atoms with Crippen LogP contribution in [-0.4, -0.2) is 46.5 Å². The van der Waals surface area contributed by atoms with Crippen LogP contribution in [0, 0.1) is 31.6 Å². The molecule has 0 fully saturated rings. The minimum Gasteiger partial charge on any atom is -0.657 e. The molecule has 2 aliphatic heterocycles. The van der Waals surface area contributed by atoms with Gasteiger partial charge in [0, 0.05) is 42.6 Å². The van der Waals surface area contributed by atoms with E-state index in [1.165, 1.54) is 64.6 Å². The average molecular weight is 949 g/mol. The van der Waals surface area contributed by atoms with Gasteiger partial charge in [0.25, 0.3) is 0 Å². The molecule has 3 aliphatic rings. The Kier molecular flexibility index (Phi) is 17.9. The largest absolute Gasteiger partial charge is 0.657 e. The molecule has 0 amide bonds. The van der Waals surface area contributed by atoms with Gasteiger partial charge in [0.2, 0.25) is 0 Å². The van der Waals surface area contributed by atoms with E-state index < -0.39 is 5.97 Å². The van der Waals surface area contributed by atoms with Crippen LogP contribution in [0.2, 0.25) is 0 Å². The van der Waals surface area contributed by atoms with Crippen molar-refractivity contribution in [2.24, 2.45) is 17.8 Å². The van der Waals surface area contributed by atoms with Crippen LogP contribution in [0.15, 0.2) is 29.8 Å². The maximum Gasteiger partial charge on any atom is 0.342 e. The molecular formula is C55H70N4O6Zn-2. The van der Waals surface area contributed by atoms with Crippen LogP contribution < -0.4 is 9.97 Å². The molecule has 6 rings (SSSR count). The summed E-state index contributed by atoms with van der Waals surface area (Å²) >= 11 is 0. The summed E-state index contributed by atoms with van der Waals surface area (Å²) in [6, 6.07) is 5.62. The van der Waals surface area contributed by atoms with Gasteiger partial charge < -0.3 is 24.5 Å². The molecule has 66 heavy (non-hydrogen) atoms. The molecule has 0 spiro atoms. The number of fused-ring (bicyclic) bond motifs is 8. The zero-order chi connectivity index (χ0) is 47.3. The third-order valence-corrected chi connectivity index (χ3v) is 13.7. The van der Waals surface area contributed by atoms with Crippen molar-refractivity contribution in [3.63, 3.8) is 0 Å². The van der Waals surface area contributed by atoms with Gasteiger partial charge in [-0.1, -0.05) is 114 Å². The number of ketones is 1. The number of hydrogen-bond acceptors (Lipinski definition) is 8. The van der Waals surface area contributed by atoms with Gasteiger partial charge in [-0.05, 0) is 113 Å². The molecule has 8 bridgehead atoms. The number of hydrogen-bond donors (Lipinski definition) is 1. The van der Waals surface area contributed by atoms with Crippen molar-refractivity contribution in [2.45, 2.75) is 153 Å². The summed E-state index contributed by atoms with van der Waals surface area (Å²) < 4.78 is 11.0. The van der Waals surface area contributed by atoms with Crippen LogP contribution >= 0.6 is 0 Å². The van der Waals surface area contributed by atoms with E-state index >= 15 is 0 Å². The van der Waals surface area contributed by atoms with E-state index in [4.69, 9.17) is 29.4 Å². The topological polar surface area (TPSA) is 144 Å². The number of aliphatic hydroxyl groups excluding tert-OH is 1. The van der Waals surface area contributed by atoms with E-state index in [9.17, 15) is 19.5 Å². The number of Topliss-reactive ketones (excluding diaryl/α,β-unsaturated/α-hetero) is 1. The van der Waals surface area contributed by atoms with Crippen molar-refractivity contribution >= 4 is 73.4 Å². The summed E-state index contributed by atoms with van der Waals surface area (Å²) in [6.07, 6.45) is 14.2. The molecule has 1 aliphatic carbocycles. The second-order valence-corrected chi connectivity index (χ2v) is 19.2. The van der Waals surface area contributed by atoms with Crippen LogP contribution in [0.3, 0.4) is 0 Å². The van der Waals surface area contributed by atoms with Crippen molar-refractivity contribution in [1.29, 1.82) is 0 Å². The molecule has 0 saturated heterocycles. The monoisotopic (exact) mass is 946 g/mol. The molecule has 11 heteroatoms. The van der Waals surface area contributed by atoms with Gasteiger partial charge in [-0.3, -0.25) is 9.59 Å². The molecule has 1 N–H and O–H groups in total. The first-order valence-electron chi connectivity index (χ1n) is 23.9. The van der Waals surface area contributed by atoms with Crippen LogP contribution in [0.4, 0.5) is 0 Å². The summed E-state index contributed by atoms with van der Waals surface area (Å²) in [5, 5.41) is 11.8. The molecule has 5 heterocycles. The zero-order valence-corrected chi connectivity index (χ0v) is 44.7. The fourth-order valence-electron chi connectivity index (χ4n) is 9.71. The Morgan fingerprint density at radius 1 is 0.742 bits per heavy atom. The van der Waals surface area contributed by atoms with E-state index in [0.717, 1.165) is 47.1 Å². The Morgan fingerprint density at radius 2 is 1.33 bits per heavy atom. The normalized spacial score (nSPS) is 14.6. The molecule has 350 valence electrons. The zero-order valence-electron chi connectivity index (χ0n) is 41.7. The molecule has 3 aromatic heterocycles. The van der Waals surface area contributed by atoms with Crippen molar-refractivity contribution in [3.05, 3.63) is 80.4 Å². The number of ether oxygens (including phenoxy) is 2. The fraction of sp³-hybridized carbons (Fsp3) is 0.509. The van der Waals surface area contributed by atoms with E-state index in [2.05, 4.69) is 41.5 Å². The number of esters is 2. The minimum absolute atomic E-state index is 0. The van der Waals surface area contributed by atoms with Gasteiger partial charge in [0.1, 0.15) is 17.9 Å². The standard InChI is InChI=1S/C55H72N4O6.Zn/c1-13-39-34(7)41-29-46-48(38(11)60)36(9)43(57-46)27-42-35(8)40(52(58-42)50-51(55(63)64-12)54(62)49-37(10)44(59-53(49)50)28-45(39)56-41)23-24-47(61)65-26-25-33(6)22-16-21-32(5)20-15-19-31(4)18-14-17-30(2)3;/h25,27-32H,13-24,26H2,1-12H3,(H3,56,57,58,59,60,62,63);/p-2/b33-25+,41-29?,42-27?,43-27?,44-28?,45-28?,46-29?,52-50?;/t31-,32-;/m1./s1. The number of methoxy groups -OCH3 is 1. The molecule has 0 radical (unpaired) electrons. The molecule has 0 saturated carbocycles. The Hall–Kier alpha value is -4.89. The van der Waals surface area contributed by atoms with Crippen molar-refractivity contribution in [3.8, 4) is 0 Å². The van der Waals surface area contributed by atoms with Crippen LogP contribution in [0.25, 0.3) is 55.7 Å². The predicted octanol–water partition coefficient (Wildman–Crippen LogP) is 13.3. The number of aromatic nitrogens is 4. The average Bonchev–Trinajstić information content (AvgIpc) is 4.00. The van der Waals surface area contributed by atoms with Crippen molar-refractivity contribution in [2.75, 3.05) is 13.7 Å². The maximum absolute atomic E-state index is 13.6. The number of carbonyl (C=O) groups excluding carboxylic acids is 3. The quantitative estimate of drug-likeness (QED) is 0.0503. The van der Waals surface area contributed by atoms with Gasteiger partial charge in [-0.25, -0.2) is 14.8 Å². The Morgan fingerprint density at radius 3 is 1.97 bits per heavy atom. The first-order chi connectivity index (χ1) is 30.9. The number of aliphatic hydroxyl groups is 1. The number of aryl methyl sites for hydroxylation is 2. The van der Waals surface area contributed by atoms with E-state index in [1.807, 2.05) is 52.0 Å². The third-order valence-electron chi connectivity index (χ3n) is 13.7. The number of allylic oxidation sites excluding steroid dienone is 5. The Labute approximate surface area is 405 Å². The summed E-state index contributed by atoms with van der Waals surface area (Å²) in [5.41, 5.74) is 11.8. The van der Waals surface area contributed by atoms with Crippen LogP contribution in [0.5, 0.6) is 0 Å². The summed E-state index contributed by atoms with van der Waals surface area (Å²) in [5.74, 6) is 0.859. The Bertz CT molecular complexity index is 2660. The maximum atomic E-state index is 13.6. The van der Waals surface area contributed by atoms with Crippen molar-refractivity contribution in [1.82, 2.24) is 19.9 Å². The first kappa shape index (κ1) is 52.1. The SMILES string of the molecule is CCC1=C(C)c2cc3[n-]c(cc4nc(c5c6[n-]c(cc1n2)c(C)c6C(O)=C5C(=O)OC)C(CCC(=O)OC/C=C(\C)CCC[C@H](C)CCC[C@H](C)CCCC(C)C)=C4C)c(C)c3C(C)=O.[Zn]. The number of carbonyl (C=O) groups is 3. The molecule has 2 atom stereocenters. The summed E-state index contributed by atoms with van der Waals surface area (Å²) in [7, 11) is 1.27. The second-order valence-electron chi connectivity index (χ2n) is 19.2. The third kappa shape index (κ3) is 11.4. The Balaban J connectivity index is 0.00000817. The van der Waals surface area contributed by atoms with E-state index in [-0.39, 0.29) is 62.0 Å². The smallest absolute Gasteiger partial charge is 0.342 e. The minimum atomic E-state index is -0.730. The molecule has 0 unspecified atom stereocenters.